The second kappa shape index (κ2) is 9.50. The van der Waals surface area contributed by atoms with Crippen LogP contribution in [-0.2, 0) is 24.6 Å². The lowest BCUT2D eigenvalue weighted by molar-refractivity contribution is -0.242. The Morgan fingerprint density at radius 1 is 1.03 bits per heavy atom. The van der Waals surface area contributed by atoms with Gasteiger partial charge in [0.15, 0.2) is 0 Å². The Bertz CT molecular complexity index is 1680. The Kier molecular flexibility index (Phi) is 6.20. The Balaban J connectivity index is 1.79. The van der Waals surface area contributed by atoms with Crippen LogP contribution in [0.1, 0.15) is 27.9 Å². The quantitative estimate of drug-likeness (QED) is 0.208. The molecule has 0 bridgehead atoms. The van der Waals surface area contributed by atoms with Crippen LogP contribution < -0.4 is 11.3 Å². The zero-order valence-electron chi connectivity index (χ0n) is 20.8. The maximum Gasteiger partial charge on any atom is 0.251 e. The lowest BCUT2D eigenvalue weighted by atomic mass is 9.80. The van der Waals surface area contributed by atoms with E-state index in [1.165, 1.54) is 6.21 Å². The molecular formula is C29H27N5O3. The van der Waals surface area contributed by atoms with E-state index in [0.29, 0.717) is 5.56 Å². The maximum atomic E-state index is 12.9. The number of nitrogens with zero attached hydrogens (tertiary/aromatic N) is 4. The summed E-state index contributed by atoms with van der Waals surface area (Å²) in [5.74, 6) is 0. The van der Waals surface area contributed by atoms with Gasteiger partial charge in [0, 0.05) is 25.5 Å². The number of aryl methyl sites for hydroxylation is 3. The molecule has 0 fully saturated rings. The van der Waals surface area contributed by atoms with Gasteiger partial charge in [-0.3, -0.25) is 4.79 Å². The average molecular weight is 494 g/mol. The van der Waals surface area contributed by atoms with E-state index < -0.39 is 5.54 Å². The first-order valence-electron chi connectivity index (χ1n) is 11.7. The van der Waals surface area contributed by atoms with Crippen molar-refractivity contribution in [3.63, 3.8) is 0 Å². The first-order valence-corrected chi connectivity index (χ1v) is 11.7. The van der Waals surface area contributed by atoms with E-state index in [1.807, 2.05) is 79.2 Å². The SMILES string of the molecule is Cc1ccc(C(N)(c2ccc3c(c2)c(-c2cccc(/C=N/OO)c2)cc(=O)n3C)c2cncn2C)cc1. The van der Waals surface area contributed by atoms with Crippen molar-refractivity contribution in [2.45, 2.75) is 12.5 Å². The maximum absolute atomic E-state index is 12.9. The van der Waals surface area contributed by atoms with Crippen molar-refractivity contribution in [2.75, 3.05) is 0 Å². The molecular weight excluding hydrogens is 466 g/mol. The van der Waals surface area contributed by atoms with Crippen molar-refractivity contribution >= 4 is 17.1 Å². The molecule has 0 aliphatic heterocycles. The number of hydrogen-bond donors (Lipinski definition) is 2. The van der Waals surface area contributed by atoms with Gasteiger partial charge in [0.1, 0.15) is 5.54 Å². The first-order chi connectivity index (χ1) is 17.8. The van der Waals surface area contributed by atoms with E-state index in [9.17, 15) is 4.79 Å². The highest BCUT2D eigenvalue weighted by Crippen LogP contribution is 2.37. The van der Waals surface area contributed by atoms with Gasteiger partial charge in [-0.05, 0) is 52.9 Å². The highest BCUT2D eigenvalue weighted by atomic mass is 17.2. The van der Waals surface area contributed by atoms with Gasteiger partial charge in [0.25, 0.3) is 5.56 Å². The van der Waals surface area contributed by atoms with Crippen molar-refractivity contribution in [3.05, 3.63) is 124 Å². The van der Waals surface area contributed by atoms with Crippen LogP contribution in [0, 0.1) is 6.92 Å². The van der Waals surface area contributed by atoms with Crippen LogP contribution in [0.4, 0.5) is 0 Å². The largest absolute Gasteiger partial charge is 0.336 e. The Labute approximate surface area is 213 Å². The lowest BCUT2D eigenvalue weighted by Crippen LogP contribution is -2.41. The summed E-state index contributed by atoms with van der Waals surface area (Å²) in [6.45, 7) is 2.04. The molecule has 2 aromatic heterocycles. The van der Waals surface area contributed by atoms with Gasteiger partial charge in [-0.25, -0.2) is 9.97 Å². The number of aromatic nitrogens is 3. The first kappa shape index (κ1) is 24.2. The molecule has 3 N–H and O–H groups in total. The fourth-order valence-electron chi connectivity index (χ4n) is 4.83. The molecule has 37 heavy (non-hydrogen) atoms. The summed E-state index contributed by atoms with van der Waals surface area (Å²) in [4.78, 5) is 21.1. The number of pyridine rings is 1. The smallest absolute Gasteiger partial charge is 0.251 e. The molecule has 1 unspecified atom stereocenters. The van der Waals surface area contributed by atoms with Crippen LogP contribution in [0.25, 0.3) is 22.0 Å². The number of fused-ring (bicyclic) bond motifs is 1. The minimum absolute atomic E-state index is 0.128. The van der Waals surface area contributed by atoms with Crippen molar-refractivity contribution in [3.8, 4) is 11.1 Å². The Hall–Kier alpha value is -4.53. The molecule has 0 saturated heterocycles. The van der Waals surface area contributed by atoms with Crippen molar-refractivity contribution in [1.29, 1.82) is 0 Å². The number of benzene rings is 3. The fourth-order valence-corrected chi connectivity index (χ4v) is 4.83. The van der Waals surface area contributed by atoms with Gasteiger partial charge in [-0.1, -0.05) is 59.3 Å². The molecule has 8 heteroatoms. The summed E-state index contributed by atoms with van der Waals surface area (Å²) in [5, 5.41) is 12.9. The van der Waals surface area contributed by atoms with Crippen LogP contribution in [0.5, 0.6) is 0 Å². The number of imidazole rings is 1. The molecule has 0 radical (unpaired) electrons. The summed E-state index contributed by atoms with van der Waals surface area (Å²) in [6, 6.07) is 23.2. The van der Waals surface area contributed by atoms with Gasteiger partial charge in [-0.15, -0.1) is 0 Å². The highest BCUT2D eigenvalue weighted by molar-refractivity contribution is 5.96. The van der Waals surface area contributed by atoms with Gasteiger partial charge in [0.05, 0.1) is 29.9 Å². The highest BCUT2D eigenvalue weighted by Gasteiger charge is 2.35. The van der Waals surface area contributed by atoms with Gasteiger partial charge in [-0.2, -0.15) is 5.26 Å². The molecule has 0 aliphatic carbocycles. The zero-order valence-corrected chi connectivity index (χ0v) is 20.8. The van der Waals surface area contributed by atoms with Crippen LogP contribution in [0.3, 0.4) is 0 Å². The second-order valence-corrected chi connectivity index (χ2v) is 9.19. The van der Waals surface area contributed by atoms with Crippen molar-refractivity contribution in [1.82, 2.24) is 14.1 Å². The second-order valence-electron chi connectivity index (χ2n) is 9.19. The lowest BCUT2D eigenvalue weighted by Gasteiger charge is -2.32. The minimum Gasteiger partial charge on any atom is -0.336 e. The number of nitrogens with two attached hydrogens (primary N) is 1. The van der Waals surface area contributed by atoms with Crippen LogP contribution in [0.15, 0.2) is 95.3 Å². The third-order valence-electron chi connectivity index (χ3n) is 6.88. The number of oxime groups is 1. The third kappa shape index (κ3) is 4.22. The predicted octanol–water partition coefficient (Wildman–Crippen LogP) is 4.32. The van der Waals surface area contributed by atoms with E-state index in [1.54, 1.807) is 30.2 Å². The van der Waals surface area contributed by atoms with E-state index in [0.717, 1.165) is 44.4 Å². The molecule has 0 aliphatic rings. The molecule has 5 rings (SSSR count). The molecule has 2 heterocycles. The van der Waals surface area contributed by atoms with Crippen molar-refractivity contribution < 1.29 is 10.2 Å². The van der Waals surface area contributed by atoms with Gasteiger partial charge in [0.2, 0.25) is 0 Å². The molecule has 3 aromatic carbocycles. The molecule has 0 amide bonds. The molecule has 1 atom stereocenters. The predicted molar refractivity (Wildman–Crippen MR) is 144 cm³/mol. The summed E-state index contributed by atoms with van der Waals surface area (Å²) in [6.07, 6.45) is 4.92. The van der Waals surface area contributed by atoms with Crippen LogP contribution in [-0.4, -0.2) is 25.6 Å². The monoisotopic (exact) mass is 493 g/mol. The average Bonchev–Trinajstić information content (AvgIpc) is 3.35. The fraction of sp³-hybridized carbons (Fsp3) is 0.138. The van der Waals surface area contributed by atoms with Crippen molar-refractivity contribution in [2.24, 2.45) is 25.0 Å². The van der Waals surface area contributed by atoms with E-state index in [-0.39, 0.29) is 5.56 Å². The van der Waals surface area contributed by atoms with Gasteiger partial charge < -0.3 is 14.9 Å². The molecule has 5 aromatic rings. The Morgan fingerprint density at radius 2 is 1.78 bits per heavy atom. The summed E-state index contributed by atoms with van der Waals surface area (Å²) < 4.78 is 3.55. The summed E-state index contributed by atoms with van der Waals surface area (Å²) >= 11 is 0. The third-order valence-corrected chi connectivity index (χ3v) is 6.88. The normalized spacial score (nSPS) is 13.2. The van der Waals surface area contributed by atoms with Crippen LogP contribution in [0.2, 0.25) is 0 Å². The standard InChI is InChI=1S/C29H27N5O3/c1-19-7-9-22(10-8-19)29(30,27-17-31-18-33(27)2)23-11-12-26-25(14-23)24(15-28(35)34(26)3)21-6-4-5-20(13-21)16-32-37-36/h4-18,36H,30H2,1-3H3/b32-16+. The summed E-state index contributed by atoms with van der Waals surface area (Å²) in [7, 11) is 3.68. The molecule has 186 valence electrons. The number of hydrogen-bond acceptors (Lipinski definition) is 6. The molecule has 0 spiro atoms. The topological polar surface area (TPSA) is 108 Å². The summed E-state index contributed by atoms with van der Waals surface area (Å²) in [5.41, 5.74) is 13.0. The molecule has 0 saturated carbocycles. The van der Waals surface area contributed by atoms with Crippen LogP contribution >= 0.6 is 0 Å². The zero-order chi connectivity index (χ0) is 26.2. The minimum atomic E-state index is -0.994. The Morgan fingerprint density at radius 3 is 2.49 bits per heavy atom. The van der Waals surface area contributed by atoms with E-state index >= 15 is 0 Å². The molecule has 8 nitrogen and oxygen atoms in total. The van der Waals surface area contributed by atoms with Gasteiger partial charge >= 0.3 is 0 Å². The van der Waals surface area contributed by atoms with E-state index in [4.69, 9.17) is 11.0 Å². The number of rotatable bonds is 6. The van der Waals surface area contributed by atoms with E-state index in [2.05, 4.69) is 21.2 Å².